The van der Waals surface area contributed by atoms with Crippen LogP contribution in [0.2, 0.25) is 0 Å². The molecule has 132 valence electrons. The minimum Gasteiger partial charge on any atom is -0.458 e. The molecular weight excluding hydrogens is 300 g/mol. The molecule has 1 aliphatic carbocycles. The van der Waals surface area contributed by atoms with E-state index in [4.69, 9.17) is 9.47 Å². The number of carbonyl (C=O) groups excluding carboxylic acids is 1. The molecule has 3 nitrogen and oxygen atoms in total. The molecule has 0 N–H and O–H groups in total. The lowest BCUT2D eigenvalue weighted by molar-refractivity contribution is -0.140. The normalized spacial score (nSPS) is 45.0. The van der Waals surface area contributed by atoms with Crippen molar-refractivity contribution in [3.63, 3.8) is 0 Å². The summed E-state index contributed by atoms with van der Waals surface area (Å²) in [6, 6.07) is 0. The average Bonchev–Trinajstić information content (AvgIpc) is 3.08. The Labute approximate surface area is 145 Å². The lowest BCUT2D eigenvalue weighted by Gasteiger charge is -2.25. The summed E-state index contributed by atoms with van der Waals surface area (Å²) in [5.41, 5.74) is 3.33. The van der Waals surface area contributed by atoms with Crippen molar-refractivity contribution in [3.05, 3.63) is 35.5 Å². The van der Waals surface area contributed by atoms with Gasteiger partial charge in [0, 0.05) is 17.4 Å². The highest BCUT2D eigenvalue weighted by Gasteiger charge is 2.55. The molecule has 0 aromatic rings. The quantitative estimate of drug-likeness (QED) is 0.279. The fourth-order valence-electron chi connectivity index (χ4n) is 4.08. The van der Waals surface area contributed by atoms with E-state index in [1.807, 2.05) is 0 Å². The van der Waals surface area contributed by atoms with Crippen LogP contribution in [-0.4, -0.2) is 23.8 Å². The van der Waals surface area contributed by atoms with E-state index < -0.39 is 0 Å². The molecule has 0 spiro atoms. The van der Waals surface area contributed by atoms with Gasteiger partial charge in [0.25, 0.3) is 0 Å². The number of ether oxygens (including phenoxy) is 2. The molecule has 3 aliphatic rings. The number of hydrogen-bond donors (Lipinski definition) is 0. The highest BCUT2D eigenvalue weighted by Crippen LogP contribution is 2.48. The van der Waals surface area contributed by atoms with Crippen LogP contribution in [0.1, 0.15) is 59.8 Å². The van der Waals surface area contributed by atoms with Crippen molar-refractivity contribution >= 4 is 5.97 Å². The summed E-state index contributed by atoms with van der Waals surface area (Å²) in [6.45, 7) is 12.7. The van der Waals surface area contributed by atoms with E-state index in [0.29, 0.717) is 5.57 Å². The average molecular weight is 330 g/mol. The SMILES string of the molecule is C=C1C(=O)O[C@H]2[C@H](C)/C(C)=C/CC/C(C)=C/CCC3(C)O[C@@H]3C[C@@H]12. The maximum Gasteiger partial charge on any atom is 0.334 e. The number of esters is 1. The van der Waals surface area contributed by atoms with Gasteiger partial charge in [0.15, 0.2) is 0 Å². The van der Waals surface area contributed by atoms with Gasteiger partial charge in [0.1, 0.15) is 6.10 Å². The molecule has 0 aromatic heterocycles. The second kappa shape index (κ2) is 6.51. The summed E-state index contributed by atoms with van der Waals surface area (Å²) in [4.78, 5) is 12.1. The third-order valence-electron chi connectivity index (χ3n) is 6.20. The molecule has 0 saturated carbocycles. The minimum atomic E-state index is -0.228. The third kappa shape index (κ3) is 3.37. The molecule has 3 rings (SSSR count). The third-order valence-corrected chi connectivity index (χ3v) is 6.20. The molecule has 3 heteroatoms. The number of rotatable bonds is 0. The van der Waals surface area contributed by atoms with E-state index in [1.165, 1.54) is 11.1 Å². The van der Waals surface area contributed by atoms with Crippen molar-refractivity contribution in [2.75, 3.05) is 0 Å². The molecule has 2 aliphatic heterocycles. The largest absolute Gasteiger partial charge is 0.458 e. The van der Waals surface area contributed by atoms with Crippen LogP contribution < -0.4 is 0 Å². The lowest BCUT2D eigenvalue weighted by atomic mass is 9.81. The van der Waals surface area contributed by atoms with Crippen LogP contribution in [0, 0.1) is 11.8 Å². The van der Waals surface area contributed by atoms with E-state index in [-0.39, 0.29) is 35.6 Å². The molecule has 2 heterocycles. The summed E-state index contributed by atoms with van der Waals surface area (Å²) < 4.78 is 11.7. The Kier molecular flexibility index (Phi) is 4.74. The molecule has 5 atom stereocenters. The van der Waals surface area contributed by atoms with E-state index in [0.717, 1.165) is 32.1 Å². The zero-order chi connectivity index (χ0) is 17.5. The van der Waals surface area contributed by atoms with Gasteiger partial charge in [-0.15, -0.1) is 0 Å². The molecule has 2 fully saturated rings. The summed E-state index contributed by atoms with van der Waals surface area (Å²) >= 11 is 0. The van der Waals surface area contributed by atoms with Crippen LogP contribution in [0.15, 0.2) is 35.5 Å². The Hall–Kier alpha value is -1.35. The molecule has 1 unspecified atom stereocenters. The molecule has 0 bridgehead atoms. The smallest absolute Gasteiger partial charge is 0.334 e. The Morgan fingerprint density at radius 1 is 1.25 bits per heavy atom. The Bertz CT molecular complexity index is 600. The first-order valence-corrected chi connectivity index (χ1v) is 9.21. The monoisotopic (exact) mass is 330 g/mol. The van der Waals surface area contributed by atoms with Crippen molar-refractivity contribution in [1.29, 1.82) is 0 Å². The molecule has 2 saturated heterocycles. The first-order chi connectivity index (χ1) is 11.3. The summed E-state index contributed by atoms with van der Waals surface area (Å²) in [6.07, 6.45) is 9.84. The Morgan fingerprint density at radius 2 is 2.00 bits per heavy atom. The molecule has 0 radical (unpaired) electrons. The van der Waals surface area contributed by atoms with Crippen LogP contribution in [0.25, 0.3) is 0 Å². The summed E-state index contributed by atoms with van der Waals surface area (Å²) in [5.74, 6) is 0.0622. The second-order valence-corrected chi connectivity index (χ2v) is 8.02. The van der Waals surface area contributed by atoms with E-state index in [1.54, 1.807) is 0 Å². The number of hydrogen-bond acceptors (Lipinski definition) is 3. The van der Waals surface area contributed by atoms with Crippen molar-refractivity contribution < 1.29 is 14.3 Å². The maximum absolute atomic E-state index is 12.1. The van der Waals surface area contributed by atoms with Crippen LogP contribution >= 0.6 is 0 Å². The summed E-state index contributed by atoms with van der Waals surface area (Å²) in [5, 5.41) is 0. The van der Waals surface area contributed by atoms with Gasteiger partial charge in [-0.2, -0.15) is 0 Å². The predicted octanol–water partition coefficient (Wildman–Crippen LogP) is 4.73. The zero-order valence-corrected chi connectivity index (χ0v) is 15.4. The van der Waals surface area contributed by atoms with Gasteiger partial charge < -0.3 is 9.47 Å². The van der Waals surface area contributed by atoms with E-state index >= 15 is 0 Å². The van der Waals surface area contributed by atoms with Crippen LogP contribution in [0.4, 0.5) is 0 Å². The van der Waals surface area contributed by atoms with Gasteiger partial charge in [-0.1, -0.05) is 36.8 Å². The number of carbonyl (C=O) groups is 1. The van der Waals surface area contributed by atoms with E-state index in [2.05, 4.69) is 46.4 Å². The van der Waals surface area contributed by atoms with Crippen LogP contribution in [-0.2, 0) is 14.3 Å². The zero-order valence-electron chi connectivity index (χ0n) is 15.4. The highest BCUT2D eigenvalue weighted by molar-refractivity contribution is 5.90. The molecule has 24 heavy (non-hydrogen) atoms. The standard InChI is InChI=1S/C21H30O3/c1-13-8-6-10-14(2)15(3)19-17(16(4)20(22)23-19)12-18-21(5,24-18)11-7-9-13/h9-10,15,17-19H,4,6-8,11-12H2,1-3,5H3/b13-9+,14-10+/t15-,17+,18-,19+,21?/m1/s1. The van der Waals surface area contributed by atoms with Gasteiger partial charge >= 0.3 is 5.97 Å². The molecule has 0 aromatic carbocycles. The first kappa shape index (κ1) is 17.5. The predicted molar refractivity (Wildman–Crippen MR) is 95.6 cm³/mol. The van der Waals surface area contributed by atoms with Gasteiger partial charge in [-0.05, 0) is 52.9 Å². The highest BCUT2D eigenvalue weighted by atomic mass is 16.6. The molecule has 0 amide bonds. The van der Waals surface area contributed by atoms with Crippen molar-refractivity contribution in [1.82, 2.24) is 0 Å². The molecular formula is C21H30O3. The van der Waals surface area contributed by atoms with Gasteiger partial charge in [-0.3, -0.25) is 0 Å². The minimum absolute atomic E-state index is 0.0501. The Balaban J connectivity index is 1.84. The van der Waals surface area contributed by atoms with Crippen LogP contribution in [0.3, 0.4) is 0 Å². The van der Waals surface area contributed by atoms with Crippen molar-refractivity contribution in [3.8, 4) is 0 Å². The lowest BCUT2D eigenvalue weighted by Crippen LogP contribution is -2.28. The number of allylic oxidation sites excluding steroid dienone is 3. The van der Waals surface area contributed by atoms with Gasteiger partial charge in [0.05, 0.1) is 11.7 Å². The topological polar surface area (TPSA) is 38.8 Å². The van der Waals surface area contributed by atoms with Gasteiger partial charge in [0.2, 0.25) is 0 Å². The second-order valence-electron chi connectivity index (χ2n) is 8.02. The van der Waals surface area contributed by atoms with Crippen LogP contribution in [0.5, 0.6) is 0 Å². The van der Waals surface area contributed by atoms with E-state index in [9.17, 15) is 4.79 Å². The van der Waals surface area contributed by atoms with Crippen molar-refractivity contribution in [2.24, 2.45) is 11.8 Å². The van der Waals surface area contributed by atoms with Crippen molar-refractivity contribution in [2.45, 2.75) is 77.6 Å². The number of epoxide rings is 1. The fourth-order valence-corrected chi connectivity index (χ4v) is 4.08. The fraction of sp³-hybridized carbons (Fsp3) is 0.667. The summed E-state index contributed by atoms with van der Waals surface area (Å²) in [7, 11) is 0. The van der Waals surface area contributed by atoms with Gasteiger partial charge in [-0.25, -0.2) is 4.79 Å². The number of fused-ring (bicyclic) bond motifs is 2. The first-order valence-electron chi connectivity index (χ1n) is 9.21. The Morgan fingerprint density at radius 3 is 2.75 bits per heavy atom. The maximum atomic E-state index is 12.1.